The number of carbonyl (C=O) groups excluding carboxylic acids is 1. The first-order chi connectivity index (χ1) is 14.0. The van der Waals surface area contributed by atoms with Crippen molar-refractivity contribution >= 4 is 15.7 Å². The summed E-state index contributed by atoms with van der Waals surface area (Å²) >= 11 is 0. The second-order valence-electron chi connectivity index (χ2n) is 9.00. The molecule has 3 aliphatic carbocycles. The molecule has 3 saturated carbocycles. The maximum atomic E-state index is 12.8. The number of sulfone groups is 1. The van der Waals surface area contributed by atoms with Crippen LogP contribution < -0.4 is 5.32 Å². The minimum atomic E-state index is -3.38. The summed E-state index contributed by atoms with van der Waals surface area (Å²) < 4.78 is 25.1. The van der Waals surface area contributed by atoms with Gasteiger partial charge in [-0.05, 0) is 79.2 Å². The van der Waals surface area contributed by atoms with E-state index in [1.807, 2.05) is 0 Å². The molecule has 1 amide bonds. The molecule has 0 aliphatic heterocycles. The first-order valence-electron chi connectivity index (χ1n) is 10.7. The van der Waals surface area contributed by atoms with E-state index in [4.69, 9.17) is 0 Å². The van der Waals surface area contributed by atoms with E-state index in [1.165, 1.54) is 25.7 Å². The van der Waals surface area contributed by atoms with Crippen LogP contribution in [0.25, 0.3) is 0 Å². The molecule has 3 aliphatic rings. The van der Waals surface area contributed by atoms with E-state index in [0.717, 1.165) is 24.2 Å². The van der Waals surface area contributed by atoms with Crippen molar-refractivity contribution in [3.63, 3.8) is 0 Å². The lowest BCUT2D eigenvalue weighted by Gasteiger charge is -2.32. The maximum absolute atomic E-state index is 12.8. The molecule has 0 spiro atoms. The second-order valence-corrected chi connectivity index (χ2v) is 11.0. The summed E-state index contributed by atoms with van der Waals surface area (Å²) in [4.78, 5) is 13.1. The lowest BCUT2D eigenvalue weighted by molar-refractivity contribution is 0.0901. The topological polar surface area (TPSA) is 63.2 Å². The van der Waals surface area contributed by atoms with Gasteiger partial charge in [0.15, 0.2) is 9.84 Å². The van der Waals surface area contributed by atoms with Gasteiger partial charge in [0.05, 0.1) is 10.6 Å². The fourth-order valence-corrected chi connectivity index (χ4v) is 7.54. The number of fused-ring (bicyclic) bond motifs is 5. The molecule has 2 aromatic carbocycles. The summed E-state index contributed by atoms with van der Waals surface area (Å²) in [7, 11) is -3.38. The third-order valence-electron chi connectivity index (χ3n) is 7.42. The molecule has 1 N–H and O–H groups in total. The molecule has 5 unspecified atom stereocenters. The van der Waals surface area contributed by atoms with E-state index in [1.54, 1.807) is 54.6 Å². The molecule has 0 aromatic heterocycles. The van der Waals surface area contributed by atoms with Crippen LogP contribution in [0, 0.1) is 23.7 Å². The number of carbonyl (C=O) groups is 1. The minimum Gasteiger partial charge on any atom is -0.349 e. The molecule has 0 heterocycles. The number of nitrogens with one attached hydrogen (secondary N) is 1. The molecule has 2 aromatic rings. The maximum Gasteiger partial charge on any atom is 0.251 e. The normalized spacial score (nSPS) is 30.3. The minimum absolute atomic E-state index is 0.0328. The van der Waals surface area contributed by atoms with Gasteiger partial charge in [0.25, 0.3) is 5.91 Å². The van der Waals surface area contributed by atoms with Crippen LogP contribution in [0.15, 0.2) is 59.5 Å². The molecule has 2 bridgehead atoms. The van der Waals surface area contributed by atoms with Crippen molar-refractivity contribution in [2.24, 2.45) is 23.7 Å². The van der Waals surface area contributed by atoms with E-state index in [2.05, 4.69) is 5.32 Å². The Kier molecular flexibility index (Phi) is 4.73. The van der Waals surface area contributed by atoms with Gasteiger partial charge >= 0.3 is 0 Å². The smallest absolute Gasteiger partial charge is 0.251 e. The number of hydrogen-bond acceptors (Lipinski definition) is 3. The van der Waals surface area contributed by atoms with Crippen molar-refractivity contribution in [1.29, 1.82) is 0 Å². The largest absolute Gasteiger partial charge is 0.349 e. The Labute approximate surface area is 172 Å². The summed E-state index contributed by atoms with van der Waals surface area (Å²) in [5.74, 6) is 3.11. The molecular formula is C24H27NO3S. The van der Waals surface area contributed by atoms with Crippen LogP contribution in [0.5, 0.6) is 0 Å². The number of hydrogen-bond donors (Lipinski definition) is 1. The zero-order valence-electron chi connectivity index (χ0n) is 16.5. The molecule has 3 fully saturated rings. The van der Waals surface area contributed by atoms with Crippen molar-refractivity contribution in [3.8, 4) is 0 Å². The van der Waals surface area contributed by atoms with E-state index < -0.39 is 9.84 Å². The Morgan fingerprint density at radius 1 is 0.897 bits per heavy atom. The standard InChI is InChI=1S/C24H27NO3S/c26-24(25-23-14-18-13-22(23)21-8-4-7-20(18)21)17-11-9-16(10-12-17)15-29(27,28)19-5-2-1-3-6-19/h1-3,5-6,9-12,18,20-23H,4,7-8,13-15H2,(H,25,26). The van der Waals surface area contributed by atoms with E-state index in [-0.39, 0.29) is 11.7 Å². The number of amides is 1. The predicted octanol–water partition coefficient (Wildman–Crippen LogP) is 4.22. The molecule has 0 saturated heterocycles. The zero-order valence-corrected chi connectivity index (χ0v) is 17.3. The van der Waals surface area contributed by atoms with Gasteiger partial charge in [-0.15, -0.1) is 0 Å². The molecule has 5 atom stereocenters. The van der Waals surface area contributed by atoms with E-state index in [0.29, 0.717) is 28.0 Å². The van der Waals surface area contributed by atoms with Crippen molar-refractivity contribution in [3.05, 3.63) is 65.7 Å². The highest BCUT2D eigenvalue weighted by atomic mass is 32.2. The fourth-order valence-electron chi connectivity index (χ4n) is 6.17. The Morgan fingerprint density at radius 2 is 1.62 bits per heavy atom. The van der Waals surface area contributed by atoms with Crippen molar-refractivity contribution in [2.45, 2.75) is 48.8 Å². The summed E-state index contributed by atoms with van der Waals surface area (Å²) in [6, 6.07) is 15.8. The average Bonchev–Trinajstić information content (AvgIpc) is 3.42. The van der Waals surface area contributed by atoms with E-state index >= 15 is 0 Å². The Bertz CT molecular complexity index is 1000. The van der Waals surface area contributed by atoms with Gasteiger partial charge < -0.3 is 5.32 Å². The van der Waals surface area contributed by atoms with Gasteiger partial charge in [-0.2, -0.15) is 0 Å². The van der Waals surface area contributed by atoms with Crippen LogP contribution >= 0.6 is 0 Å². The fraction of sp³-hybridized carbons (Fsp3) is 0.458. The second kappa shape index (κ2) is 7.28. The van der Waals surface area contributed by atoms with Crippen LogP contribution in [0.2, 0.25) is 0 Å². The van der Waals surface area contributed by atoms with Crippen LogP contribution in [0.3, 0.4) is 0 Å². The lowest BCUT2D eigenvalue weighted by atomic mass is 9.79. The van der Waals surface area contributed by atoms with Gasteiger partial charge in [0, 0.05) is 11.6 Å². The average molecular weight is 410 g/mol. The van der Waals surface area contributed by atoms with E-state index in [9.17, 15) is 13.2 Å². The van der Waals surface area contributed by atoms with Crippen molar-refractivity contribution in [1.82, 2.24) is 5.32 Å². The predicted molar refractivity (Wildman–Crippen MR) is 112 cm³/mol. The zero-order chi connectivity index (χ0) is 20.0. The van der Waals surface area contributed by atoms with Crippen LogP contribution in [0.4, 0.5) is 0 Å². The molecule has 0 radical (unpaired) electrons. The van der Waals surface area contributed by atoms with Crippen LogP contribution in [-0.4, -0.2) is 20.4 Å². The highest BCUT2D eigenvalue weighted by Gasteiger charge is 2.54. The Hall–Kier alpha value is -2.14. The molecular weight excluding hydrogens is 382 g/mol. The first kappa shape index (κ1) is 18.9. The summed E-state index contributed by atoms with van der Waals surface area (Å²) in [5.41, 5.74) is 1.30. The van der Waals surface area contributed by atoms with Crippen LogP contribution in [-0.2, 0) is 15.6 Å². The molecule has 5 rings (SSSR count). The van der Waals surface area contributed by atoms with Gasteiger partial charge in [-0.25, -0.2) is 8.42 Å². The third kappa shape index (κ3) is 3.50. The third-order valence-corrected chi connectivity index (χ3v) is 9.12. The molecule has 4 nitrogen and oxygen atoms in total. The summed E-state index contributed by atoms with van der Waals surface area (Å²) in [5, 5.41) is 3.28. The number of benzene rings is 2. The highest BCUT2D eigenvalue weighted by Crippen LogP contribution is 2.58. The lowest BCUT2D eigenvalue weighted by Crippen LogP contribution is -2.42. The van der Waals surface area contributed by atoms with Gasteiger partial charge in [-0.3, -0.25) is 4.79 Å². The monoisotopic (exact) mass is 409 g/mol. The first-order valence-corrected chi connectivity index (χ1v) is 12.3. The molecule has 29 heavy (non-hydrogen) atoms. The highest BCUT2D eigenvalue weighted by molar-refractivity contribution is 7.90. The summed E-state index contributed by atoms with van der Waals surface area (Å²) in [6.07, 6.45) is 6.50. The Balaban J connectivity index is 1.23. The number of rotatable bonds is 5. The SMILES string of the molecule is O=C(NC1CC2CC1C1CCCC21)c1ccc(CS(=O)(=O)c2ccccc2)cc1. The quantitative estimate of drug-likeness (QED) is 0.804. The van der Waals surface area contributed by atoms with Crippen molar-refractivity contribution in [2.75, 3.05) is 0 Å². The van der Waals surface area contributed by atoms with Gasteiger partial charge in [0.1, 0.15) is 0 Å². The molecule has 152 valence electrons. The summed E-state index contributed by atoms with van der Waals surface area (Å²) in [6.45, 7) is 0. The Morgan fingerprint density at radius 3 is 2.38 bits per heavy atom. The van der Waals surface area contributed by atoms with Crippen molar-refractivity contribution < 1.29 is 13.2 Å². The molecule has 5 heteroatoms. The van der Waals surface area contributed by atoms with Gasteiger partial charge in [-0.1, -0.05) is 36.8 Å². The van der Waals surface area contributed by atoms with Gasteiger partial charge in [0.2, 0.25) is 0 Å². The van der Waals surface area contributed by atoms with Crippen LogP contribution in [0.1, 0.15) is 48.0 Å².